The molecule has 7 heteroatoms. The summed E-state index contributed by atoms with van der Waals surface area (Å²) in [4.78, 5) is 13.1. The molecule has 0 bridgehead atoms. The predicted octanol–water partition coefficient (Wildman–Crippen LogP) is 4.92. The number of nitrogens with zero attached hydrogens (tertiary/aromatic N) is 1. The summed E-state index contributed by atoms with van der Waals surface area (Å²) < 4.78 is 1.22. The molecule has 3 aromatic rings. The van der Waals surface area contributed by atoms with Gasteiger partial charge >= 0.3 is 0 Å². The van der Waals surface area contributed by atoms with Gasteiger partial charge in [0.15, 0.2) is 5.60 Å². The fraction of sp³-hybridized carbons (Fsp3) is 0.130. The Balaban J connectivity index is 1.95. The van der Waals surface area contributed by atoms with Crippen LogP contribution in [-0.4, -0.2) is 22.3 Å². The van der Waals surface area contributed by atoms with E-state index in [1.807, 2.05) is 38.1 Å². The molecule has 0 aliphatic heterocycles. The number of aromatic hydroxyl groups is 1. The zero-order chi connectivity index (χ0) is 21.9. The van der Waals surface area contributed by atoms with Gasteiger partial charge in [-0.15, -0.1) is 0 Å². The Hall–Kier alpha value is -2.48. The molecule has 0 radical (unpaired) electrons. The lowest BCUT2D eigenvalue weighted by atomic mass is 9.85. The Morgan fingerprint density at radius 2 is 1.47 bits per heavy atom. The first-order valence-corrected chi connectivity index (χ1v) is 10.7. The molecule has 3 rings (SSSR count). The van der Waals surface area contributed by atoms with Gasteiger partial charge in [-0.2, -0.15) is 5.10 Å². The van der Waals surface area contributed by atoms with Gasteiger partial charge in [-0.25, -0.2) is 5.43 Å². The van der Waals surface area contributed by atoms with E-state index in [1.165, 1.54) is 6.21 Å². The topological polar surface area (TPSA) is 81.9 Å². The molecule has 0 aromatic heterocycles. The van der Waals surface area contributed by atoms with Crippen molar-refractivity contribution in [1.82, 2.24) is 5.43 Å². The highest BCUT2D eigenvalue weighted by Gasteiger charge is 2.40. The van der Waals surface area contributed by atoms with Crippen molar-refractivity contribution < 1.29 is 15.0 Å². The van der Waals surface area contributed by atoms with E-state index < -0.39 is 11.5 Å². The molecule has 0 atom stereocenters. The number of rotatable bonds is 5. The summed E-state index contributed by atoms with van der Waals surface area (Å²) in [6, 6.07) is 17.6. The molecular weight excluding hydrogens is 512 g/mol. The number of hydrogen-bond donors (Lipinski definition) is 3. The molecule has 154 valence electrons. The lowest BCUT2D eigenvalue weighted by molar-refractivity contribution is -0.136. The third-order valence-corrected chi connectivity index (χ3v) is 5.76. The van der Waals surface area contributed by atoms with Gasteiger partial charge in [-0.1, -0.05) is 75.6 Å². The molecule has 3 N–H and O–H groups in total. The number of nitrogens with one attached hydrogen (secondary N) is 1. The average molecular weight is 532 g/mol. The van der Waals surface area contributed by atoms with Crippen LogP contribution in [0, 0.1) is 13.8 Å². The number of hydrazone groups is 1. The molecule has 0 aliphatic carbocycles. The summed E-state index contributed by atoms with van der Waals surface area (Å²) in [7, 11) is 0. The summed E-state index contributed by atoms with van der Waals surface area (Å²) >= 11 is 6.60. The summed E-state index contributed by atoms with van der Waals surface area (Å²) in [6.07, 6.45) is 1.31. The highest BCUT2D eigenvalue weighted by atomic mass is 79.9. The number of carbonyl (C=O) groups excluding carboxylic acids is 1. The number of phenols is 1. The lowest BCUT2D eigenvalue weighted by Gasteiger charge is -2.27. The number of carbonyl (C=O) groups is 1. The number of aryl methyl sites for hydroxylation is 2. The van der Waals surface area contributed by atoms with E-state index in [2.05, 4.69) is 42.4 Å². The van der Waals surface area contributed by atoms with Gasteiger partial charge < -0.3 is 10.2 Å². The molecule has 0 unspecified atom stereocenters. The minimum atomic E-state index is -1.93. The Kier molecular flexibility index (Phi) is 6.75. The molecule has 0 spiro atoms. The number of hydrogen-bond acceptors (Lipinski definition) is 4. The van der Waals surface area contributed by atoms with Crippen LogP contribution in [0.3, 0.4) is 0 Å². The second kappa shape index (κ2) is 9.12. The number of amides is 1. The van der Waals surface area contributed by atoms with Crippen LogP contribution in [0.4, 0.5) is 0 Å². The van der Waals surface area contributed by atoms with E-state index in [1.54, 1.807) is 36.4 Å². The Bertz CT molecular complexity index is 1050. The van der Waals surface area contributed by atoms with E-state index in [9.17, 15) is 15.0 Å². The zero-order valence-corrected chi connectivity index (χ0v) is 19.5. The lowest BCUT2D eigenvalue weighted by Crippen LogP contribution is -2.43. The van der Waals surface area contributed by atoms with E-state index in [0.717, 1.165) is 15.6 Å². The van der Waals surface area contributed by atoms with E-state index >= 15 is 0 Å². The van der Waals surface area contributed by atoms with Gasteiger partial charge in [0.05, 0.1) is 10.7 Å². The van der Waals surface area contributed by atoms with Gasteiger partial charge in [0, 0.05) is 10.0 Å². The normalized spacial score (nSPS) is 11.6. The first-order chi connectivity index (χ1) is 14.2. The van der Waals surface area contributed by atoms with Crippen LogP contribution in [0.25, 0.3) is 0 Å². The van der Waals surface area contributed by atoms with Crippen molar-refractivity contribution in [2.24, 2.45) is 5.10 Å². The van der Waals surface area contributed by atoms with Crippen LogP contribution in [0.15, 0.2) is 74.7 Å². The molecule has 0 aliphatic rings. The smallest absolute Gasteiger partial charge is 0.281 e. The summed E-state index contributed by atoms with van der Waals surface area (Å²) in [5.41, 5.74) is 3.75. The SMILES string of the molecule is Cc1ccc(C(O)(C(=O)N/N=C\c2cc(Br)cc(Br)c2O)c2ccc(C)cc2)cc1. The quantitative estimate of drug-likeness (QED) is 0.323. The summed E-state index contributed by atoms with van der Waals surface area (Å²) in [5.74, 6) is -0.719. The Morgan fingerprint density at radius 1 is 0.967 bits per heavy atom. The molecule has 30 heavy (non-hydrogen) atoms. The standard InChI is InChI=1S/C23H20Br2N2O3/c1-14-3-7-17(8-4-14)23(30,18-9-5-15(2)6-10-18)22(29)27-26-13-16-11-19(24)12-20(25)21(16)28/h3-13,28,30H,1-2H3,(H,27,29)/b26-13-. The van der Waals surface area contributed by atoms with Gasteiger partial charge in [-0.3, -0.25) is 4.79 Å². The number of phenolic OH excluding ortho intramolecular Hbond substituents is 1. The molecule has 0 heterocycles. The third kappa shape index (κ3) is 4.64. The van der Waals surface area contributed by atoms with Gasteiger partial charge in [0.1, 0.15) is 5.75 Å². The minimum absolute atomic E-state index is 0.0106. The van der Waals surface area contributed by atoms with E-state index in [0.29, 0.717) is 21.2 Å². The van der Waals surface area contributed by atoms with Crippen LogP contribution < -0.4 is 5.43 Å². The first kappa shape index (κ1) is 22.2. The number of benzene rings is 3. The van der Waals surface area contributed by atoms with E-state index in [-0.39, 0.29) is 5.75 Å². The van der Waals surface area contributed by atoms with Crippen molar-refractivity contribution in [2.75, 3.05) is 0 Å². The van der Waals surface area contributed by atoms with Gasteiger partial charge in [-0.05, 0) is 53.0 Å². The molecule has 1 amide bonds. The second-order valence-electron chi connectivity index (χ2n) is 6.97. The molecule has 5 nitrogen and oxygen atoms in total. The van der Waals surface area contributed by atoms with Crippen LogP contribution in [0.1, 0.15) is 27.8 Å². The maximum atomic E-state index is 13.1. The fourth-order valence-electron chi connectivity index (χ4n) is 2.94. The number of aliphatic hydroxyl groups is 1. The Morgan fingerprint density at radius 3 is 1.97 bits per heavy atom. The Labute approximate surface area is 191 Å². The highest BCUT2D eigenvalue weighted by Crippen LogP contribution is 2.32. The molecular formula is C23H20Br2N2O3. The van der Waals surface area contributed by atoms with Crippen molar-refractivity contribution in [3.8, 4) is 5.75 Å². The minimum Gasteiger partial charge on any atom is -0.506 e. The summed E-state index contributed by atoms with van der Waals surface area (Å²) in [6.45, 7) is 3.86. The molecule has 0 fully saturated rings. The van der Waals surface area contributed by atoms with Crippen molar-refractivity contribution >= 4 is 44.0 Å². The van der Waals surface area contributed by atoms with Crippen LogP contribution in [-0.2, 0) is 10.4 Å². The maximum absolute atomic E-state index is 13.1. The van der Waals surface area contributed by atoms with Crippen LogP contribution in [0.2, 0.25) is 0 Å². The van der Waals surface area contributed by atoms with Crippen molar-refractivity contribution in [3.05, 3.63) is 97.4 Å². The predicted molar refractivity (Wildman–Crippen MR) is 125 cm³/mol. The van der Waals surface area contributed by atoms with Crippen LogP contribution >= 0.6 is 31.9 Å². The zero-order valence-electron chi connectivity index (χ0n) is 16.4. The van der Waals surface area contributed by atoms with Crippen molar-refractivity contribution in [1.29, 1.82) is 0 Å². The van der Waals surface area contributed by atoms with Crippen molar-refractivity contribution in [2.45, 2.75) is 19.4 Å². The average Bonchev–Trinajstić information content (AvgIpc) is 2.71. The van der Waals surface area contributed by atoms with Crippen LogP contribution in [0.5, 0.6) is 5.75 Å². The number of halogens is 2. The molecule has 3 aromatic carbocycles. The highest BCUT2D eigenvalue weighted by molar-refractivity contribution is 9.11. The summed E-state index contributed by atoms with van der Waals surface area (Å²) in [5, 5.41) is 25.6. The molecule has 0 saturated carbocycles. The monoisotopic (exact) mass is 530 g/mol. The maximum Gasteiger partial charge on any atom is 0.281 e. The van der Waals surface area contributed by atoms with Crippen molar-refractivity contribution in [3.63, 3.8) is 0 Å². The third-order valence-electron chi connectivity index (χ3n) is 4.69. The van der Waals surface area contributed by atoms with Gasteiger partial charge in [0.25, 0.3) is 5.91 Å². The largest absolute Gasteiger partial charge is 0.506 e. The first-order valence-electron chi connectivity index (χ1n) is 9.10. The fourth-order valence-corrected chi connectivity index (χ4v) is 4.20. The molecule has 0 saturated heterocycles. The second-order valence-corrected chi connectivity index (χ2v) is 8.74. The van der Waals surface area contributed by atoms with Gasteiger partial charge in [0.2, 0.25) is 0 Å². The van der Waals surface area contributed by atoms with E-state index in [4.69, 9.17) is 0 Å².